The van der Waals surface area contributed by atoms with Crippen LogP contribution in [0.2, 0.25) is 0 Å². The van der Waals surface area contributed by atoms with Crippen LogP contribution >= 0.6 is 11.3 Å². The van der Waals surface area contributed by atoms with Crippen molar-refractivity contribution in [1.29, 1.82) is 5.26 Å². The Hall–Kier alpha value is -2.76. The number of aromatic nitrogens is 1. The van der Waals surface area contributed by atoms with Crippen molar-refractivity contribution in [1.82, 2.24) is 10.3 Å². The number of hydrogen-bond donors (Lipinski definition) is 2. The van der Waals surface area contributed by atoms with Gasteiger partial charge in [-0.3, -0.25) is 14.6 Å². The molecule has 2 aromatic heterocycles. The molecular formula is C18H18N4O3S. The molecular weight excluding hydrogens is 352 g/mol. The molecule has 0 bridgehead atoms. The first-order valence-corrected chi connectivity index (χ1v) is 8.89. The number of thiophene rings is 1. The smallest absolute Gasteiger partial charge is 0.314 e. The van der Waals surface area contributed by atoms with Crippen LogP contribution in [0.25, 0.3) is 0 Å². The third kappa shape index (κ3) is 3.90. The molecule has 0 atom stereocenters. The summed E-state index contributed by atoms with van der Waals surface area (Å²) in [6.07, 6.45) is 2.20. The second-order valence-electron chi connectivity index (χ2n) is 6.50. The average molecular weight is 370 g/mol. The molecule has 3 heterocycles. The third-order valence-electron chi connectivity index (χ3n) is 3.99. The molecule has 0 aromatic carbocycles. The van der Waals surface area contributed by atoms with Crippen LogP contribution in [0, 0.1) is 11.3 Å². The highest BCUT2D eigenvalue weighted by Gasteiger charge is 2.32. The lowest BCUT2D eigenvalue weighted by molar-refractivity contribution is -0.136. The summed E-state index contributed by atoms with van der Waals surface area (Å²) >= 11 is 1.28. The summed E-state index contributed by atoms with van der Waals surface area (Å²) in [6.45, 7) is 4.46. The zero-order chi connectivity index (χ0) is 18.7. The quantitative estimate of drug-likeness (QED) is 0.806. The van der Waals surface area contributed by atoms with Crippen LogP contribution in [0.5, 0.6) is 0 Å². The van der Waals surface area contributed by atoms with E-state index in [1.165, 1.54) is 11.3 Å². The first kappa shape index (κ1) is 18.0. The number of rotatable bonds is 3. The van der Waals surface area contributed by atoms with Crippen molar-refractivity contribution < 1.29 is 14.3 Å². The number of fused-ring (bicyclic) bond motifs is 1. The van der Waals surface area contributed by atoms with Crippen molar-refractivity contribution in [2.45, 2.75) is 39.0 Å². The van der Waals surface area contributed by atoms with E-state index >= 15 is 0 Å². The van der Waals surface area contributed by atoms with E-state index in [0.29, 0.717) is 29.3 Å². The van der Waals surface area contributed by atoms with Gasteiger partial charge in [0.25, 0.3) is 0 Å². The van der Waals surface area contributed by atoms with Gasteiger partial charge >= 0.3 is 11.8 Å². The summed E-state index contributed by atoms with van der Waals surface area (Å²) in [5.41, 5.74) is 1.59. The van der Waals surface area contributed by atoms with E-state index in [1.807, 2.05) is 13.8 Å². The van der Waals surface area contributed by atoms with E-state index in [9.17, 15) is 14.9 Å². The fourth-order valence-electron chi connectivity index (χ4n) is 2.67. The highest BCUT2D eigenvalue weighted by molar-refractivity contribution is 7.16. The van der Waals surface area contributed by atoms with Gasteiger partial charge < -0.3 is 15.4 Å². The van der Waals surface area contributed by atoms with Crippen LogP contribution < -0.4 is 10.6 Å². The molecule has 2 N–H and O–H groups in total. The van der Waals surface area contributed by atoms with Crippen LogP contribution in [0.15, 0.2) is 24.4 Å². The van der Waals surface area contributed by atoms with E-state index in [0.717, 1.165) is 10.4 Å². The molecule has 0 saturated carbocycles. The van der Waals surface area contributed by atoms with Crippen molar-refractivity contribution in [3.05, 3.63) is 46.1 Å². The van der Waals surface area contributed by atoms with Gasteiger partial charge in [-0.05, 0) is 31.5 Å². The van der Waals surface area contributed by atoms with Gasteiger partial charge in [0, 0.05) is 17.5 Å². The van der Waals surface area contributed by atoms with Crippen molar-refractivity contribution in [3.8, 4) is 6.07 Å². The molecule has 134 valence electrons. The third-order valence-corrected chi connectivity index (χ3v) is 5.11. The minimum Gasteiger partial charge on any atom is -0.370 e. The van der Waals surface area contributed by atoms with Gasteiger partial charge in [0.05, 0.1) is 30.0 Å². The van der Waals surface area contributed by atoms with E-state index in [4.69, 9.17) is 4.74 Å². The molecule has 3 rings (SSSR count). The Kier molecular flexibility index (Phi) is 5.02. The van der Waals surface area contributed by atoms with E-state index in [2.05, 4.69) is 21.7 Å². The number of nitrogens with zero attached hydrogens (tertiary/aromatic N) is 2. The lowest BCUT2D eigenvalue weighted by Gasteiger charge is -2.29. The minimum atomic E-state index is -0.809. The maximum atomic E-state index is 12.2. The molecule has 26 heavy (non-hydrogen) atoms. The number of anilines is 1. The summed E-state index contributed by atoms with van der Waals surface area (Å²) in [7, 11) is 0. The molecule has 7 nitrogen and oxygen atoms in total. The summed E-state index contributed by atoms with van der Waals surface area (Å²) in [4.78, 5) is 29.2. The molecule has 0 fully saturated rings. The average Bonchev–Trinajstić information content (AvgIpc) is 2.95. The number of ether oxygens (including phenoxy) is 1. The molecule has 2 amide bonds. The zero-order valence-corrected chi connectivity index (χ0v) is 15.3. The molecule has 0 radical (unpaired) electrons. The maximum absolute atomic E-state index is 12.2. The topological polar surface area (TPSA) is 104 Å². The highest BCUT2D eigenvalue weighted by atomic mass is 32.1. The molecule has 8 heteroatoms. The number of carbonyl (C=O) groups excluding carboxylic acids is 2. The van der Waals surface area contributed by atoms with E-state index in [1.54, 1.807) is 24.4 Å². The normalized spacial score (nSPS) is 14.8. The van der Waals surface area contributed by atoms with Crippen LogP contribution in [0.1, 0.15) is 35.5 Å². The molecule has 0 aliphatic carbocycles. The second kappa shape index (κ2) is 7.23. The Labute approximate surface area is 155 Å². The lowest BCUT2D eigenvalue weighted by Crippen LogP contribution is -2.35. The number of carbonyl (C=O) groups is 2. The molecule has 2 aromatic rings. The zero-order valence-electron chi connectivity index (χ0n) is 14.5. The summed E-state index contributed by atoms with van der Waals surface area (Å²) in [5, 5.41) is 14.9. The molecule has 0 unspecified atom stereocenters. The Morgan fingerprint density at radius 1 is 1.38 bits per heavy atom. The lowest BCUT2D eigenvalue weighted by atomic mass is 9.93. The number of pyridine rings is 1. The van der Waals surface area contributed by atoms with Crippen LogP contribution in [-0.2, 0) is 33.9 Å². The maximum Gasteiger partial charge on any atom is 0.314 e. The number of hydrogen-bond acceptors (Lipinski definition) is 6. The predicted octanol–water partition coefficient (Wildman–Crippen LogP) is 2.12. The number of nitrogens with one attached hydrogen (secondary N) is 2. The van der Waals surface area contributed by atoms with Crippen LogP contribution in [0.4, 0.5) is 5.00 Å². The monoisotopic (exact) mass is 370 g/mol. The standard InChI is InChI=1S/C18H18N4O3S/c1-18(2)7-12-13(8-19)17(26-14(12)10-25-18)22-16(24)15(23)21-9-11-5-3-4-6-20-11/h3-6H,7,9-10H2,1-2H3,(H,21,23)(H,22,24). The van der Waals surface area contributed by atoms with Crippen molar-refractivity contribution in [3.63, 3.8) is 0 Å². The molecule has 0 spiro atoms. The van der Waals surface area contributed by atoms with E-state index < -0.39 is 11.8 Å². The minimum absolute atomic E-state index is 0.154. The molecule has 1 aliphatic heterocycles. The van der Waals surface area contributed by atoms with Crippen molar-refractivity contribution >= 4 is 28.2 Å². The van der Waals surface area contributed by atoms with Crippen LogP contribution in [-0.4, -0.2) is 22.4 Å². The SMILES string of the molecule is CC1(C)Cc2c(sc(NC(=O)C(=O)NCc3ccccn3)c2C#N)CO1. The van der Waals surface area contributed by atoms with Gasteiger partial charge in [0.2, 0.25) is 0 Å². The Morgan fingerprint density at radius 3 is 2.88 bits per heavy atom. The first-order valence-electron chi connectivity index (χ1n) is 8.07. The number of nitriles is 1. The van der Waals surface area contributed by atoms with Crippen LogP contribution in [0.3, 0.4) is 0 Å². The number of amides is 2. The molecule has 0 saturated heterocycles. The van der Waals surface area contributed by atoms with Gasteiger partial charge in [0.1, 0.15) is 11.1 Å². The first-order chi connectivity index (χ1) is 12.4. The van der Waals surface area contributed by atoms with Gasteiger partial charge in [-0.15, -0.1) is 11.3 Å². The summed E-state index contributed by atoms with van der Waals surface area (Å²) < 4.78 is 5.75. The van der Waals surface area contributed by atoms with Crippen molar-refractivity contribution in [2.24, 2.45) is 0 Å². The van der Waals surface area contributed by atoms with E-state index in [-0.39, 0.29) is 12.1 Å². The largest absolute Gasteiger partial charge is 0.370 e. The Balaban J connectivity index is 1.69. The fourth-order valence-corrected chi connectivity index (χ4v) is 3.75. The summed E-state index contributed by atoms with van der Waals surface area (Å²) in [5.74, 6) is -1.58. The van der Waals surface area contributed by atoms with Gasteiger partial charge in [-0.2, -0.15) is 5.26 Å². The Bertz CT molecular complexity index is 884. The van der Waals surface area contributed by atoms with Gasteiger partial charge in [-0.25, -0.2) is 0 Å². The van der Waals surface area contributed by atoms with Gasteiger partial charge in [-0.1, -0.05) is 6.07 Å². The Morgan fingerprint density at radius 2 is 2.19 bits per heavy atom. The molecule has 1 aliphatic rings. The fraction of sp³-hybridized carbons (Fsp3) is 0.333. The second-order valence-corrected chi connectivity index (χ2v) is 7.61. The predicted molar refractivity (Wildman–Crippen MR) is 96.3 cm³/mol. The summed E-state index contributed by atoms with van der Waals surface area (Å²) in [6, 6.07) is 7.46. The van der Waals surface area contributed by atoms with Gasteiger partial charge in [0.15, 0.2) is 0 Å². The van der Waals surface area contributed by atoms with Crippen molar-refractivity contribution in [2.75, 3.05) is 5.32 Å². The highest BCUT2D eigenvalue weighted by Crippen LogP contribution is 2.39.